The van der Waals surface area contributed by atoms with Crippen LogP contribution in [0.5, 0.6) is 0 Å². The van der Waals surface area contributed by atoms with Crippen LogP contribution in [-0.4, -0.2) is 29.1 Å². The molecule has 1 aliphatic rings. The molecule has 102 valence electrons. The van der Waals surface area contributed by atoms with Crippen molar-refractivity contribution in [3.05, 3.63) is 34.1 Å². The normalized spacial score (nSPS) is 19.2. The van der Waals surface area contributed by atoms with Gasteiger partial charge in [0.05, 0.1) is 16.9 Å². The molecule has 0 aliphatic carbocycles. The molecule has 1 aliphatic heterocycles. The van der Waals surface area contributed by atoms with E-state index in [1.54, 1.807) is 4.90 Å². The first-order valence-corrected chi connectivity index (χ1v) is 5.90. The molecule has 1 saturated heterocycles. The Labute approximate surface area is 108 Å². The van der Waals surface area contributed by atoms with E-state index in [4.69, 9.17) is 5.11 Å². The van der Waals surface area contributed by atoms with Crippen LogP contribution in [0.4, 0.5) is 15.8 Å². The Bertz CT molecular complexity index is 520. The van der Waals surface area contributed by atoms with Crippen molar-refractivity contribution in [3.63, 3.8) is 0 Å². The summed E-state index contributed by atoms with van der Waals surface area (Å²) < 4.78 is 13.1. The average Bonchev–Trinajstić information content (AvgIpc) is 2.38. The number of hydrogen-bond acceptors (Lipinski definition) is 4. The van der Waals surface area contributed by atoms with Crippen LogP contribution in [0.15, 0.2) is 18.2 Å². The number of piperidine rings is 1. The number of aliphatic carboxylic acids is 1. The number of hydrogen-bond donors (Lipinski definition) is 1. The summed E-state index contributed by atoms with van der Waals surface area (Å²) in [7, 11) is 0. The highest BCUT2D eigenvalue weighted by Gasteiger charge is 2.29. The second-order valence-corrected chi connectivity index (χ2v) is 4.51. The van der Waals surface area contributed by atoms with Crippen molar-refractivity contribution < 1.29 is 19.2 Å². The molecule has 0 radical (unpaired) electrons. The first-order valence-electron chi connectivity index (χ1n) is 5.90. The largest absolute Gasteiger partial charge is 0.481 e. The molecule has 1 heterocycles. The summed E-state index contributed by atoms with van der Waals surface area (Å²) in [5, 5.41) is 19.9. The highest BCUT2D eigenvalue weighted by atomic mass is 19.1. The van der Waals surface area contributed by atoms with E-state index >= 15 is 0 Å². The topological polar surface area (TPSA) is 83.7 Å². The zero-order valence-electron chi connectivity index (χ0n) is 10.1. The average molecular weight is 268 g/mol. The summed E-state index contributed by atoms with van der Waals surface area (Å²) in [4.78, 5) is 22.9. The van der Waals surface area contributed by atoms with Gasteiger partial charge >= 0.3 is 5.97 Å². The van der Waals surface area contributed by atoms with Gasteiger partial charge in [-0.05, 0) is 25.0 Å². The van der Waals surface area contributed by atoms with E-state index < -0.39 is 22.6 Å². The van der Waals surface area contributed by atoms with Gasteiger partial charge in [-0.15, -0.1) is 0 Å². The first-order chi connectivity index (χ1) is 8.99. The zero-order valence-corrected chi connectivity index (χ0v) is 10.1. The van der Waals surface area contributed by atoms with Gasteiger partial charge in [-0.2, -0.15) is 0 Å². The third kappa shape index (κ3) is 2.81. The minimum atomic E-state index is -0.908. The zero-order chi connectivity index (χ0) is 14.0. The molecule has 0 saturated carbocycles. The third-order valence-electron chi connectivity index (χ3n) is 3.25. The van der Waals surface area contributed by atoms with Crippen molar-refractivity contribution in [1.82, 2.24) is 0 Å². The molecule has 1 fully saturated rings. The SMILES string of the molecule is O=C(O)[C@@H]1CCCN(c2ccc(F)cc2[N+](=O)[O-])C1. The van der Waals surface area contributed by atoms with Gasteiger partial charge in [-0.3, -0.25) is 14.9 Å². The Kier molecular flexibility index (Phi) is 3.64. The fraction of sp³-hybridized carbons (Fsp3) is 0.417. The molecule has 1 atom stereocenters. The van der Waals surface area contributed by atoms with Gasteiger partial charge in [0.25, 0.3) is 5.69 Å². The van der Waals surface area contributed by atoms with Gasteiger partial charge < -0.3 is 10.0 Å². The van der Waals surface area contributed by atoms with Crippen molar-refractivity contribution in [2.24, 2.45) is 5.92 Å². The Hall–Kier alpha value is -2.18. The first kappa shape index (κ1) is 13.3. The second-order valence-electron chi connectivity index (χ2n) is 4.51. The summed E-state index contributed by atoms with van der Waals surface area (Å²) in [6.07, 6.45) is 1.20. The summed E-state index contributed by atoms with van der Waals surface area (Å²) in [5.74, 6) is -2.13. The predicted molar refractivity (Wildman–Crippen MR) is 65.6 cm³/mol. The lowest BCUT2D eigenvalue weighted by atomic mass is 9.97. The van der Waals surface area contributed by atoms with Gasteiger partial charge in [-0.25, -0.2) is 4.39 Å². The number of carboxylic acid groups (broad SMARTS) is 1. The molecule has 1 aromatic rings. The number of rotatable bonds is 3. The van der Waals surface area contributed by atoms with Gasteiger partial charge in [0, 0.05) is 13.1 Å². The van der Waals surface area contributed by atoms with Gasteiger partial charge in [0.1, 0.15) is 11.5 Å². The van der Waals surface area contributed by atoms with Crippen molar-refractivity contribution in [2.45, 2.75) is 12.8 Å². The predicted octanol–water partition coefficient (Wildman–Crippen LogP) is 2.03. The van der Waals surface area contributed by atoms with Crippen LogP contribution in [0.3, 0.4) is 0 Å². The van der Waals surface area contributed by atoms with Crippen molar-refractivity contribution in [1.29, 1.82) is 0 Å². The van der Waals surface area contributed by atoms with Crippen LogP contribution in [0.2, 0.25) is 0 Å². The molecular formula is C12H13FN2O4. The number of halogens is 1. The number of nitro benzene ring substituents is 1. The smallest absolute Gasteiger partial charge is 0.308 e. The fourth-order valence-electron chi connectivity index (χ4n) is 2.31. The summed E-state index contributed by atoms with van der Waals surface area (Å²) in [5.41, 5.74) is -0.0524. The summed E-state index contributed by atoms with van der Waals surface area (Å²) >= 11 is 0. The molecule has 1 N–H and O–H groups in total. The van der Waals surface area contributed by atoms with E-state index in [-0.39, 0.29) is 17.9 Å². The van der Waals surface area contributed by atoms with E-state index in [0.29, 0.717) is 19.4 Å². The molecule has 0 amide bonds. The summed E-state index contributed by atoms with van der Waals surface area (Å²) in [6.45, 7) is 0.748. The standard InChI is InChI=1S/C12H13FN2O4/c13-9-3-4-10(11(6-9)15(18)19)14-5-1-2-8(7-14)12(16)17/h3-4,6,8H,1-2,5,7H2,(H,16,17)/t8-/m1/s1. The van der Waals surface area contributed by atoms with Gasteiger partial charge in [0.2, 0.25) is 0 Å². The molecule has 6 nitrogen and oxygen atoms in total. The molecule has 7 heteroatoms. The van der Waals surface area contributed by atoms with E-state index in [1.165, 1.54) is 6.07 Å². The van der Waals surface area contributed by atoms with E-state index in [2.05, 4.69) is 0 Å². The maximum absolute atomic E-state index is 13.1. The Morgan fingerprint density at radius 3 is 2.89 bits per heavy atom. The van der Waals surface area contributed by atoms with Crippen LogP contribution >= 0.6 is 0 Å². The minimum absolute atomic E-state index is 0.210. The van der Waals surface area contributed by atoms with Crippen LogP contribution in [-0.2, 0) is 4.79 Å². The van der Waals surface area contributed by atoms with Crippen LogP contribution in [0.25, 0.3) is 0 Å². The quantitative estimate of drug-likeness (QED) is 0.669. The molecular weight excluding hydrogens is 255 g/mol. The lowest BCUT2D eigenvalue weighted by molar-refractivity contribution is -0.384. The lowest BCUT2D eigenvalue weighted by Gasteiger charge is -2.32. The molecule has 0 unspecified atom stereocenters. The Morgan fingerprint density at radius 1 is 1.53 bits per heavy atom. The number of anilines is 1. The van der Waals surface area contributed by atoms with E-state index in [1.807, 2.05) is 0 Å². The number of nitrogens with zero attached hydrogens (tertiary/aromatic N) is 2. The highest BCUT2D eigenvalue weighted by molar-refractivity contribution is 5.72. The van der Waals surface area contributed by atoms with Crippen molar-refractivity contribution >= 4 is 17.3 Å². The van der Waals surface area contributed by atoms with Crippen molar-refractivity contribution in [2.75, 3.05) is 18.0 Å². The summed E-state index contributed by atoms with van der Waals surface area (Å²) in [6, 6.07) is 3.34. The number of carbonyl (C=O) groups is 1. The third-order valence-corrected chi connectivity index (χ3v) is 3.25. The van der Waals surface area contributed by atoms with Crippen LogP contribution in [0, 0.1) is 21.8 Å². The number of benzene rings is 1. The maximum Gasteiger partial charge on any atom is 0.308 e. The fourth-order valence-corrected chi connectivity index (χ4v) is 2.31. The highest BCUT2D eigenvalue weighted by Crippen LogP contribution is 2.32. The van der Waals surface area contributed by atoms with Crippen LogP contribution < -0.4 is 4.90 Å². The number of nitro groups is 1. The monoisotopic (exact) mass is 268 g/mol. The van der Waals surface area contributed by atoms with Crippen LogP contribution in [0.1, 0.15) is 12.8 Å². The van der Waals surface area contributed by atoms with Gasteiger partial charge in [0.15, 0.2) is 0 Å². The second kappa shape index (κ2) is 5.21. The number of carboxylic acids is 1. The van der Waals surface area contributed by atoms with Gasteiger partial charge in [-0.1, -0.05) is 0 Å². The molecule has 0 bridgehead atoms. The van der Waals surface area contributed by atoms with E-state index in [9.17, 15) is 19.3 Å². The molecule has 1 aromatic carbocycles. The Morgan fingerprint density at radius 2 is 2.26 bits per heavy atom. The lowest BCUT2D eigenvalue weighted by Crippen LogP contribution is -2.39. The molecule has 19 heavy (non-hydrogen) atoms. The molecule has 2 rings (SSSR count). The molecule has 0 aromatic heterocycles. The maximum atomic E-state index is 13.1. The minimum Gasteiger partial charge on any atom is -0.481 e. The van der Waals surface area contributed by atoms with Crippen molar-refractivity contribution in [3.8, 4) is 0 Å². The Balaban J connectivity index is 2.30. The van der Waals surface area contributed by atoms with E-state index in [0.717, 1.165) is 12.1 Å². The molecule has 0 spiro atoms.